The number of amides is 1. The summed E-state index contributed by atoms with van der Waals surface area (Å²) >= 11 is 12.3. The maximum atomic E-state index is 13.3. The molecular formula is C19H22Cl2N2O4S. The molecule has 0 saturated carbocycles. The number of carbonyl (C=O) groups is 1. The van der Waals surface area contributed by atoms with Crippen LogP contribution in [-0.2, 0) is 19.6 Å². The molecule has 28 heavy (non-hydrogen) atoms. The van der Waals surface area contributed by atoms with Crippen LogP contribution >= 0.6 is 23.2 Å². The van der Waals surface area contributed by atoms with E-state index in [9.17, 15) is 13.2 Å². The van der Waals surface area contributed by atoms with Crippen LogP contribution in [0.15, 0.2) is 47.4 Å². The zero-order valence-corrected chi connectivity index (χ0v) is 18.1. The number of anilines is 1. The van der Waals surface area contributed by atoms with E-state index < -0.39 is 22.5 Å². The molecule has 1 N–H and O–H groups in total. The van der Waals surface area contributed by atoms with Gasteiger partial charge < -0.3 is 10.1 Å². The van der Waals surface area contributed by atoms with E-state index in [1.807, 2.05) is 6.92 Å². The first-order valence-corrected chi connectivity index (χ1v) is 10.7. The number of methoxy groups -OCH3 is 1. The van der Waals surface area contributed by atoms with Crippen LogP contribution in [0.4, 0.5) is 5.69 Å². The number of carbonyl (C=O) groups excluding carboxylic acids is 1. The molecule has 6 nitrogen and oxygen atoms in total. The van der Waals surface area contributed by atoms with E-state index in [4.69, 9.17) is 27.9 Å². The van der Waals surface area contributed by atoms with Crippen LogP contribution in [0.25, 0.3) is 0 Å². The number of sulfonamides is 1. The summed E-state index contributed by atoms with van der Waals surface area (Å²) < 4.78 is 32.5. The molecule has 0 heterocycles. The molecule has 0 aliphatic heterocycles. The van der Waals surface area contributed by atoms with Gasteiger partial charge in [0.1, 0.15) is 6.54 Å². The van der Waals surface area contributed by atoms with Gasteiger partial charge in [0.05, 0.1) is 27.2 Å². The highest BCUT2D eigenvalue weighted by molar-refractivity contribution is 7.92. The van der Waals surface area contributed by atoms with Crippen molar-refractivity contribution in [1.82, 2.24) is 5.32 Å². The van der Waals surface area contributed by atoms with Gasteiger partial charge in [-0.15, -0.1) is 0 Å². The Morgan fingerprint density at radius 1 is 1.18 bits per heavy atom. The molecule has 0 radical (unpaired) electrons. The third kappa shape index (κ3) is 5.38. The standard InChI is InChI=1S/C19H22Cl2N2O4S/c1-13-7-9-15(10-8-13)28(25,26)23(11-18(24)22-14(2)12-27-3)17-6-4-5-16(20)19(17)21/h4-10,14H,11-12H2,1-3H3,(H,22,24)/t14-/m0/s1. The smallest absolute Gasteiger partial charge is 0.264 e. The third-order valence-electron chi connectivity index (χ3n) is 3.92. The highest BCUT2D eigenvalue weighted by Crippen LogP contribution is 2.35. The molecule has 0 aliphatic rings. The van der Waals surface area contributed by atoms with Gasteiger partial charge in [-0.2, -0.15) is 0 Å². The largest absolute Gasteiger partial charge is 0.383 e. The summed E-state index contributed by atoms with van der Waals surface area (Å²) in [6.45, 7) is 3.46. The summed E-state index contributed by atoms with van der Waals surface area (Å²) in [5, 5.41) is 2.95. The second-order valence-electron chi connectivity index (χ2n) is 6.32. The van der Waals surface area contributed by atoms with E-state index in [2.05, 4.69) is 5.32 Å². The average molecular weight is 445 g/mol. The fourth-order valence-corrected chi connectivity index (χ4v) is 4.45. The molecule has 2 aromatic carbocycles. The van der Waals surface area contributed by atoms with Gasteiger partial charge in [-0.1, -0.05) is 47.0 Å². The molecule has 0 unspecified atom stereocenters. The average Bonchev–Trinajstić information content (AvgIpc) is 2.63. The molecule has 1 amide bonds. The number of rotatable bonds is 8. The van der Waals surface area contributed by atoms with Crippen LogP contribution < -0.4 is 9.62 Å². The first-order valence-electron chi connectivity index (χ1n) is 8.48. The topological polar surface area (TPSA) is 75.7 Å². The molecular weight excluding hydrogens is 423 g/mol. The molecule has 152 valence electrons. The first kappa shape index (κ1) is 22.5. The summed E-state index contributed by atoms with van der Waals surface area (Å²) in [5.74, 6) is -0.490. The zero-order chi connectivity index (χ0) is 20.9. The minimum atomic E-state index is -4.06. The molecule has 0 bridgehead atoms. The summed E-state index contributed by atoms with van der Waals surface area (Å²) in [6, 6.07) is 10.7. The Kier molecular flexibility index (Phi) is 7.71. The highest BCUT2D eigenvalue weighted by Gasteiger charge is 2.29. The summed E-state index contributed by atoms with van der Waals surface area (Å²) in [5.41, 5.74) is 1.04. The number of benzene rings is 2. The molecule has 0 saturated heterocycles. The van der Waals surface area contributed by atoms with E-state index in [0.717, 1.165) is 9.87 Å². The SMILES string of the molecule is COC[C@H](C)NC(=O)CN(c1cccc(Cl)c1Cl)S(=O)(=O)c1ccc(C)cc1. The quantitative estimate of drug-likeness (QED) is 0.673. The van der Waals surface area contributed by atoms with Crippen molar-refractivity contribution in [2.24, 2.45) is 0 Å². The van der Waals surface area contributed by atoms with Crippen molar-refractivity contribution < 1.29 is 17.9 Å². The molecule has 0 fully saturated rings. The number of halogens is 2. The van der Waals surface area contributed by atoms with Gasteiger partial charge in [0.2, 0.25) is 5.91 Å². The third-order valence-corrected chi connectivity index (χ3v) is 6.50. The van der Waals surface area contributed by atoms with Crippen LogP contribution in [0.3, 0.4) is 0 Å². The number of hydrogen-bond acceptors (Lipinski definition) is 4. The second kappa shape index (κ2) is 9.60. The molecule has 0 spiro atoms. The van der Waals surface area contributed by atoms with Gasteiger partial charge in [-0.25, -0.2) is 8.42 Å². The lowest BCUT2D eigenvalue weighted by Gasteiger charge is -2.26. The Labute approximate surface area is 175 Å². The summed E-state index contributed by atoms with van der Waals surface area (Å²) in [4.78, 5) is 12.5. The van der Waals surface area contributed by atoms with Gasteiger partial charge in [0.25, 0.3) is 10.0 Å². The van der Waals surface area contributed by atoms with Gasteiger partial charge >= 0.3 is 0 Å². The number of nitrogens with one attached hydrogen (secondary N) is 1. The van der Waals surface area contributed by atoms with Crippen LogP contribution in [-0.4, -0.2) is 40.6 Å². The molecule has 9 heteroatoms. The van der Waals surface area contributed by atoms with E-state index in [1.54, 1.807) is 31.2 Å². The van der Waals surface area contributed by atoms with Crippen molar-refractivity contribution in [2.75, 3.05) is 24.6 Å². The predicted octanol–water partition coefficient (Wildman–Crippen LogP) is 3.65. The number of ether oxygens (including phenoxy) is 1. The molecule has 1 atom stereocenters. The fraction of sp³-hybridized carbons (Fsp3) is 0.316. The Morgan fingerprint density at radius 2 is 1.82 bits per heavy atom. The minimum absolute atomic E-state index is 0.0480. The van der Waals surface area contributed by atoms with Crippen molar-refractivity contribution in [1.29, 1.82) is 0 Å². The number of hydrogen-bond donors (Lipinski definition) is 1. The van der Waals surface area contributed by atoms with Crippen molar-refractivity contribution in [3.63, 3.8) is 0 Å². The fourth-order valence-electron chi connectivity index (χ4n) is 2.56. The summed E-state index contributed by atoms with van der Waals surface area (Å²) in [6.07, 6.45) is 0. The molecule has 2 rings (SSSR count). The minimum Gasteiger partial charge on any atom is -0.383 e. The second-order valence-corrected chi connectivity index (χ2v) is 8.97. The lowest BCUT2D eigenvalue weighted by molar-refractivity contribution is -0.120. The summed E-state index contributed by atoms with van der Waals surface area (Å²) in [7, 11) is -2.54. The Hall–Kier alpha value is -1.80. The zero-order valence-electron chi connectivity index (χ0n) is 15.8. The van der Waals surface area contributed by atoms with Gasteiger partial charge in [0.15, 0.2) is 0 Å². The molecule has 0 aliphatic carbocycles. The van der Waals surface area contributed by atoms with Crippen LogP contribution in [0.5, 0.6) is 0 Å². The van der Waals surface area contributed by atoms with Gasteiger partial charge in [-0.3, -0.25) is 9.10 Å². The number of aryl methyl sites for hydroxylation is 1. The van der Waals surface area contributed by atoms with Crippen molar-refractivity contribution in [2.45, 2.75) is 24.8 Å². The van der Waals surface area contributed by atoms with Crippen LogP contribution in [0.2, 0.25) is 10.0 Å². The Balaban J connectivity index is 2.45. The van der Waals surface area contributed by atoms with Crippen LogP contribution in [0, 0.1) is 6.92 Å². The normalized spacial score (nSPS) is 12.5. The predicted molar refractivity (Wildman–Crippen MR) is 112 cm³/mol. The lowest BCUT2D eigenvalue weighted by Crippen LogP contribution is -2.44. The van der Waals surface area contributed by atoms with Gasteiger partial charge in [-0.05, 0) is 38.1 Å². The Morgan fingerprint density at radius 3 is 2.43 bits per heavy atom. The van der Waals surface area contributed by atoms with Gasteiger partial charge in [0, 0.05) is 13.2 Å². The molecule has 0 aromatic heterocycles. The monoisotopic (exact) mass is 444 g/mol. The van der Waals surface area contributed by atoms with E-state index in [1.165, 1.54) is 25.3 Å². The number of nitrogens with zero attached hydrogens (tertiary/aromatic N) is 1. The lowest BCUT2D eigenvalue weighted by atomic mass is 10.2. The highest BCUT2D eigenvalue weighted by atomic mass is 35.5. The van der Waals surface area contributed by atoms with Crippen molar-refractivity contribution in [3.8, 4) is 0 Å². The first-order chi connectivity index (χ1) is 13.2. The van der Waals surface area contributed by atoms with E-state index in [0.29, 0.717) is 6.61 Å². The van der Waals surface area contributed by atoms with E-state index >= 15 is 0 Å². The maximum Gasteiger partial charge on any atom is 0.264 e. The maximum absolute atomic E-state index is 13.3. The Bertz CT molecular complexity index is 933. The van der Waals surface area contributed by atoms with Crippen LogP contribution in [0.1, 0.15) is 12.5 Å². The van der Waals surface area contributed by atoms with E-state index in [-0.39, 0.29) is 26.7 Å². The molecule has 2 aromatic rings. The van der Waals surface area contributed by atoms with Crippen molar-refractivity contribution in [3.05, 3.63) is 58.1 Å². The van der Waals surface area contributed by atoms with Crippen molar-refractivity contribution >= 4 is 44.8 Å².